The van der Waals surface area contributed by atoms with Gasteiger partial charge in [-0.05, 0) is 26.7 Å². The van der Waals surface area contributed by atoms with Crippen LogP contribution in [0.5, 0.6) is 0 Å². The molecular formula is C14H22N2O4S. The zero-order chi connectivity index (χ0) is 16.0. The van der Waals surface area contributed by atoms with Gasteiger partial charge in [0.05, 0.1) is 5.41 Å². The number of hydrogen-bond donors (Lipinski definition) is 2. The highest BCUT2D eigenvalue weighted by Gasteiger charge is 2.31. The van der Waals surface area contributed by atoms with Gasteiger partial charge in [-0.2, -0.15) is 0 Å². The van der Waals surface area contributed by atoms with Crippen LogP contribution in [0.2, 0.25) is 0 Å². The Kier molecular flexibility index (Phi) is 6.14. The predicted octanol–water partition coefficient (Wildman–Crippen LogP) is 1.62. The highest BCUT2D eigenvalue weighted by molar-refractivity contribution is 7.07. The fraction of sp³-hybridized carbons (Fsp3) is 0.643. The zero-order valence-electron chi connectivity index (χ0n) is 12.6. The van der Waals surface area contributed by atoms with Gasteiger partial charge in [0.25, 0.3) is 0 Å². The highest BCUT2D eigenvalue weighted by Crippen LogP contribution is 2.19. The van der Waals surface area contributed by atoms with Crippen molar-refractivity contribution in [1.29, 1.82) is 0 Å². The molecule has 0 aliphatic heterocycles. The second kappa shape index (κ2) is 7.40. The van der Waals surface area contributed by atoms with Gasteiger partial charge >= 0.3 is 10.8 Å². The smallest absolute Gasteiger partial charge is 0.311 e. The molecule has 0 aliphatic carbocycles. The van der Waals surface area contributed by atoms with Crippen LogP contribution >= 0.6 is 11.3 Å². The van der Waals surface area contributed by atoms with Crippen LogP contribution in [0.4, 0.5) is 0 Å². The number of rotatable bonds is 8. The minimum atomic E-state index is -0.934. The van der Waals surface area contributed by atoms with E-state index in [4.69, 9.17) is 5.11 Å². The lowest BCUT2D eigenvalue weighted by atomic mass is 9.87. The molecule has 1 unspecified atom stereocenters. The van der Waals surface area contributed by atoms with E-state index in [9.17, 15) is 14.4 Å². The number of aromatic nitrogens is 1. The molecule has 0 fully saturated rings. The van der Waals surface area contributed by atoms with Crippen LogP contribution in [0.1, 0.15) is 38.8 Å². The number of carbonyl (C=O) groups is 2. The standard InChI is InChI=1S/C14H22N2O4S/c1-4-14(3,12(18)19)9-15-11(17)6-5-7-16-10(2)8-21-13(16)20/h8H,4-7,9H2,1-3H3,(H,15,17)(H,18,19). The second-order valence-corrected chi connectivity index (χ2v) is 6.21. The summed E-state index contributed by atoms with van der Waals surface area (Å²) >= 11 is 1.15. The number of carbonyl (C=O) groups excluding carboxylic acids is 1. The van der Waals surface area contributed by atoms with E-state index >= 15 is 0 Å². The van der Waals surface area contributed by atoms with E-state index in [2.05, 4.69) is 5.32 Å². The van der Waals surface area contributed by atoms with Gasteiger partial charge in [-0.3, -0.25) is 14.4 Å². The van der Waals surface area contributed by atoms with E-state index in [1.807, 2.05) is 6.92 Å². The summed E-state index contributed by atoms with van der Waals surface area (Å²) in [5.41, 5.74) is -0.0360. The summed E-state index contributed by atoms with van der Waals surface area (Å²) in [4.78, 5) is 34.3. The number of amides is 1. The van der Waals surface area contributed by atoms with Crippen molar-refractivity contribution in [2.24, 2.45) is 5.41 Å². The number of carboxylic acid groups (broad SMARTS) is 1. The SMILES string of the molecule is CCC(C)(CNC(=O)CCCn1c(C)csc1=O)C(=O)O. The first kappa shape index (κ1) is 17.4. The number of hydrogen-bond acceptors (Lipinski definition) is 4. The van der Waals surface area contributed by atoms with Crippen LogP contribution in [-0.2, 0) is 16.1 Å². The van der Waals surface area contributed by atoms with Crippen molar-refractivity contribution in [3.63, 3.8) is 0 Å². The van der Waals surface area contributed by atoms with Crippen molar-refractivity contribution < 1.29 is 14.7 Å². The summed E-state index contributed by atoms with van der Waals surface area (Å²) in [6.45, 7) is 5.88. The van der Waals surface area contributed by atoms with Gasteiger partial charge in [-0.15, -0.1) is 0 Å². The molecule has 21 heavy (non-hydrogen) atoms. The summed E-state index contributed by atoms with van der Waals surface area (Å²) < 4.78 is 1.64. The van der Waals surface area contributed by atoms with E-state index in [-0.39, 0.29) is 23.7 Å². The first-order valence-corrected chi connectivity index (χ1v) is 7.83. The lowest BCUT2D eigenvalue weighted by molar-refractivity contribution is -0.148. The van der Waals surface area contributed by atoms with E-state index in [1.54, 1.807) is 23.8 Å². The van der Waals surface area contributed by atoms with Crippen molar-refractivity contribution >= 4 is 23.2 Å². The predicted molar refractivity (Wildman–Crippen MR) is 81.6 cm³/mol. The van der Waals surface area contributed by atoms with Crippen LogP contribution in [0.25, 0.3) is 0 Å². The molecule has 0 aromatic carbocycles. The fourth-order valence-corrected chi connectivity index (χ4v) is 2.57. The number of nitrogens with one attached hydrogen (secondary N) is 1. The molecule has 1 aromatic rings. The highest BCUT2D eigenvalue weighted by atomic mass is 32.1. The molecule has 2 N–H and O–H groups in total. The average molecular weight is 314 g/mol. The van der Waals surface area contributed by atoms with Crippen LogP contribution in [-0.4, -0.2) is 28.1 Å². The number of aliphatic carboxylic acids is 1. The molecule has 1 amide bonds. The molecule has 1 heterocycles. The Morgan fingerprint density at radius 2 is 2.14 bits per heavy atom. The monoisotopic (exact) mass is 314 g/mol. The van der Waals surface area contributed by atoms with Gasteiger partial charge in [0.1, 0.15) is 0 Å². The summed E-state index contributed by atoms with van der Waals surface area (Å²) in [5.74, 6) is -1.09. The molecule has 0 radical (unpaired) electrons. The minimum absolute atomic E-state index is 0.0163. The molecule has 0 spiro atoms. The largest absolute Gasteiger partial charge is 0.481 e. The van der Waals surface area contributed by atoms with Crippen molar-refractivity contribution in [1.82, 2.24) is 9.88 Å². The molecular weight excluding hydrogens is 292 g/mol. The van der Waals surface area contributed by atoms with Crippen molar-refractivity contribution in [2.45, 2.75) is 46.6 Å². The van der Waals surface area contributed by atoms with Crippen molar-refractivity contribution in [3.05, 3.63) is 20.7 Å². The van der Waals surface area contributed by atoms with Crippen LogP contribution in [0.3, 0.4) is 0 Å². The number of aryl methyl sites for hydroxylation is 1. The molecule has 0 bridgehead atoms. The third-order valence-corrected chi connectivity index (χ3v) is 4.62. The van der Waals surface area contributed by atoms with Crippen LogP contribution < -0.4 is 10.2 Å². The summed E-state index contributed by atoms with van der Waals surface area (Å²) in [5, 5.41) is 13.6. The van der Waals surface area contributed by atoms with E-state index in [0.29, 0.717) is 19.4 Å². The molecule has 0 aliphatic rings. The Morgan fingerprint density at radius 1 is 1.48 bits per heavy atom. The van der Waals surface area contributed by atoms with Gasteiger partial charge in [-0.1, -0.05) is 18.3 Å². The van der Waals surface area contributed by atoms with Crippen molar-refractivity contribution in [3.8, 4) is 0 Å². The van der Waals surface area contributed by atoms with Gasteiger partial charge in [0.2, 0.25) is 5.91 Å². The Hall–Kier alpha value is -1.63. The van der Waals surface area contributed by atoms with E-state index in [1.165, 1.54) is 0 Å². The normalized spacial score (nSPS) is 13.7. The molecule has 1 rings (SSSR count). The first-order chi connectivity index (χ1) is 9.80. The van der Waals surface area contributed by atoms with Crippen LogP contribution in [0, 0.1) is 12.3 Å². The van der Waals surface area contributed by atoms with E-state index in [0.717, 1.165) is 17.0 Å². The molecule has 1 aromatic heterocycles. The minimum Gasteiger partial charge on any atom is -0.481 e. The maximum Gasteiger partial charge on any atom is 0.311 e. The van der Waals surface area contributed by atoms with Crippen molar-refractivity contribution in [2.75, 3.05) is 6.54 Å². The van der Waals surface area contributed by atoms with Gasteiger partial charge in [0.15, 0.2) is 0 Å². The second-order valence-electron chi connectivity index (χ2n) is 5.39. The summed E-state index contributed by atoms with van der Waals surface area (Å²) in [6.07, 6.45) is 1.28. The number of nitrogens with zero attached hydrogens (tertiary/aromatic N) is 1. The summed E-state index contributed by atoms with van der Waals surface area (Å²) in [6, 6.07) is 0. The average Bonchev–Trinajstić information content (AvgIpc) is 2.76. The topological polar surface area (TPSA) is 88.4 Å². The maximum atomic E-state index is 11.7. The molecule has 118 valence electrons. The summed E-state index contributed by atoms with van der Waals surface area (Å²) in [7, 11) is 0. The lowest BCUT2D eigenvalue weighted by Gasteiger charge is -2.23. The van der Waals surface area contributed by atoms with E-state index < -0.39 is 11.4 Å². The zero-order valence-corrected chi connectivity index (χ0v) is 13.5. The van der Waals surface area contributed by atoms with Gasteiger partial charge in [0, 0.05) is 30.6 Å². The molecule has 1 atom stereocenters. The Labute approximate surface area is 127 Å². The molecule has 7 heteroatoms. The molecule has 6 nitrogen and oxygen atoms in total. The Balaban J connectivity index is 2.38. The Bertz CT molecular complexity index is 564. The fourth-order valence-electron chi connectivity index (χ4n) is 1.81. The number of thiazole rings is 1. The van der Waals surface area contributed by atoms with Crippen LogP contribution in [0.15, 0.2) is 10.2 Å². The first-order valence-electron chi connectivity index (χ1n) is 6.95. The third-order valence-electron chi connectivity index (χ3n) is 3.73. The molecule has 0 saturated carbocycles. The van der Waals surface area contributed by atoms with Gasteiger partial charge < -0.3 is 15.0 Å². The molecule has 0 saturated heterocycles. The Morgan fingerprint density at radius 3 is 2.62 bits per heavy atom. The quantitative estimate of drug-likeness (QED) is 0.763. The number of carboxylic acids is 1. The third kappa shape index (κ3) is 4.70. The van der Waals surface area contributed by atoms with Gasteiger partial charge in [-0.25, -0.2) is 0 Å². The lowest BCUT2D eigenvalue weighted by Crippen LogP contribution is -2.40. The maximum absolute atomic E-state index is 11.7.